The molecule has 84 valence electrons. The zero-order valence-corrected chi connectivity index (χ0v) is 9.54. The maximum atomic E-state index is 11.1. The fourth-order valence-corrected chi connectivity index (χ4v) is 0.944. The van der Waals surface area contributed by atoms with Crippen molar-refractivity contribution in [2.45, 2.75) is 40.0 Å². The number of ether oxygens (including phenoxy) is 2. The number of esters is 1. The van der Waals surface area contributed by atoms with E-state index in [1.54, 1.807) is 0 Å². The Kier molecular flexibility index (Phi) is 8.64. The highest BCUT2D eigenvalue weighted by atomic mass is 16.5. The van der Waals surface area contributed by atoms with E-state index in [4.69, 9.17) is 9.47 Å². The molecular formula is C11H22O3. The lowest BCUT2D eigenvalue weighted by atomic mass is 10.1. The van der Waals surface area contributed by atoms with Gasteiger partial charge in [-0.2, -0.15) is 0 Å². The summed E-state index contributed by atoms with van der Waals surface area (Å²) in [6, 6.07) is 0. The molecule has 0 saturated carbocycles. The van der Waals surface area contributed by atoms with Crippen molar-refractivity contribution < 1.29 is 14.3 Å². The predicted molar refractivity (Wildman–Crippen MR) is 56.1 cm³/mol. The average Bonchev–Trinajstić information content (AvgIpc) is 2.12. The summed E-state index contributed by atoms with van der Waals surface area (Å²) in [6.45, 7) is 8.08. The monoisotopic (exact) mass is 202 g/mol. The summed E-state index contributed by atoms with van der Waals surface area (Å²) in [5.41, 5.74) is 0. The topological polar surface area (TPSA) is 35.5 Å². The van der Waals surface area contributed by atoms with E-state index in [9.17, 15) is 4.79 Å². The van der Waals surface area contributed by atoms with E-state index in [1.807, 2.05) is 6.92 Å². The highest BCUT2D eigenvalue weighted by Crippen LogP contribution is 2.01. The minimum absolute atomic E-state index is 0.106. The molecule has 3 heteroatoms. The van der Waals surface area contributed by atoms with Gasteiger partial charge in [0.2, 0.25) is 0 Å². The van der Waals surface area contributed by atoms with Crippen molar-refractivity contribution >= 4 is 5.97 Å². The van der Waals surface area contributed by atoms with Crippen LogP contribution in [0.5, 0.6) is 0 Å². The smallest absolute Gasteiger partial charge is 0.305 e. The van der Waals surface area contributed by atoms with Crippen LogP contribution in [0, 0.1) is 5.92 Å². The minimum atomic E-state index is -0.106. The SMILES string of the molecule is CCOCCCC(=O)OCCC(C)C. The van der Waals surface area contributed by atoms with Crippen LogP contribution >= 0.6 is 0 Å². The molecule has 0 radical (unpaired) electrons. The van der Waals surface area contributed by atoms with Crippen molar-refractivity contribution in [3.63, 3.8) is 0 Å². The van der Waals surface area contributed by atoms with Gasteiger partial charge in [-0.1, -0.05) is 13.8 Å². The summed E-state index contributed by atoms with van der Waals surface area (Å²) >= 11 is 0. The molecule has 3 nitrogen and oxygen atoms in total. The van der Waals surface area contributed by atoms with Gasteiger partial charge in [0.25, 0.3) is 0 Å². The van der Waals surface area contributed by atoms with Crippen LogP contribution in [0.2, 0.25) is 0 Å². The molecule has 0 aliphatic rings. The Morgan fingerprint density at radius 1 is 1.29 bits per heavy atom. The van der Waals surface area contributed by atoms with Gasteiger partial charge < -0.3 is 9.47 Å². The Labute approximate surface area is 86.8 Å². The highest BCUT2D eigenvalue weighted by molar-refractivity contribution is 5.69. The van der Waals surface area contributed by atoms with Crippen LogP contribution in [0.25, 0.3) is 0 Å². The van der Waals surface area contributed by atoms with Gasteiger partial charge in [0.1, 0.15) is 0 Å². The number of hydrogen-bond acceptors (Lipinski definition) is 3. The van der Waals surface area contributed by atoms with E-state index in [0.717, 1.165) is 12.8 Å². The highest BCUT2D eigenvalue weighted by Gasteiger charge is 2.02. The van der Waals surface area contributed by atoms with Gasteiger partial charge in [0.15, 0.2) is 0 Å². The predicted octanol–water partition coefficient (Wildman–Crippen LogP) is 2.39. The van der Waals surface area contributed by atoms with Crippen molar-refractivity contribution in [3.05, 3.63) is 0 Å². The van der Waals surface area contributed by atoms with Crippen molar-refractivity contribution in [2.24, 2.45) is 5.92 Å². The molecule has 0 rings (SSSR count). The van der Waals surface area contributed by atoms with E-state index in [-0.39, 0.29) is 5.97 Å². The molecular weight excluding hydrogens is 180 g/mol. The number of rotatable bonds is 8. The number of carbonyl (C=O) groups is 1. The first kappa shape index (κ1) is 13.4. The molecule has 0 atom stereocenters. The molecule has 0 unspecified atom stereocenters. The van der Waals surface area contributed by atoms with Gasteiger partial charge >= 0.3 is 5.97 Å². The minimum Gasteiger partial charge on any atom is -0.466 e. The third-order valence-corrected chi connectivity index (χ3v) is 1.83. The second kappa shape index (κ2) is 9.00. The van der Waals surface area contributed by atoms with Crippen LogP contribution < -0.4 is 0 Å². The zero-order chi connectivity index (χ0) is 10.8. The first-order valence-electron chi connectivity index (χ1n) is 5.40. The van der Waals surface area contributed by atoms with Crippen LogP contribution in [0.1, 0.15) is 40.0 Å². The largest absolute Gasteiger partial charge is 0.466 e. The Morgan fingerprint density at radius 2 is 2.00 bits per heavy atom. The quantitative estimate of drug-likeness (QED) is 0.448. The Balaban J connectivity index is 3.20. The molecule has 14 heavy (non-hydrogen) atoms. The van der Waals surface area contributed by atoms with Crippen LogP contribution in [0.4, 0.5) is 0 Å². The number of hydrogen-bond donors (Lipinski definition) is 0. The van der Waals surface area contributed by atoms with Crippen molar-refractivity contribution in [3.8, 4) is 0 Å². The maximum absolute atomic E-state index is 11.1. The fourth-order valence-electron chi connectivity index (χ4n) is 0.944. The first-order valence-corrected chi connectivity index (χ1v) is 5.40. The third kappa shape index (κ3) is 9.52. The molecule has 0 aliphatic heterocycles. The zero-order valence-electron chi connectivity index (χ0n) is 9.54. The molecule has 0 N–H and O–H groups in total. The van der Waals surface area contributed by atoms with Gasteiger partial charge in [0, 0.05) is 19.6 Å². The van der Waals surface area contributed by atoms with E-state index < -0.39 is 0 Å². The standard InChI is InChI=1S/C11H22O3/c1-4-13-8-5-6-11(12)14-9-7-10(2)3/h10H,4-9H2,1-3H3. The van der Waals surface area contributed by atoms with Crippen LogP contribution in [0.3, 0.4) is 0 Å². The number of carbonyl (C=O) groups excluding carboxylic acids is 1. The van der Waals surface area contributed by atoms with Crippen LogP contribution in [0.15, 0.2) is 0 Å². The van der Waals surface area contributed by atoms with Gasteiger partial charge in [-0.25, -0.2) is 0 Å². The average molecular weight is 202 g/mol. The summed E-state index contributed by atoms with van der Waals surface area (Å²) in [5, 5.41) is 0. The van der Waals surface area contributed by atoms with Gasteiger partial charge in [0.05, 0.1) is 6.61 Å². The normalized spacial score (nSPS) is 10.6. The van der Waals surface area contributed by atoms with E-state index >= 15 is 0 Å². The molecule has 0 aliphatic carbocycles. The molecule has 0 fully saturated rings. The second-order valence-corrected chi connectivity index (χ2v) is 3.70. The van der Waals surface area contributed by atoms with Crippen molar-refractivity contribution in [1.82, 2.24) is 0 Å². The lowest BCUT2D eigenvalue weighted by molar-refractivity contribution is -0.144. The van der Waals surface area contributed by atoms with Gasteiger partial charge in [-0.3, -0.25) is 4.79 Å². The van der Waals surface area contributed by atoms with Crippen LogP contribution in [-0.4, -0.2) is 25.8 Å². The molecule has 0 aromatic rings. The van der Waals surface area contributed by atoms with Crippen molar-refractivity contribution in [1.29, 1.82) is 0 Å². The third-order valence-electron chi connectivity index (χ3n) is 1.83. The summed E-state index contributed by atoms with van der Waals surface area (Å²) in [6.07, 6.45) is 2.17. The van der Waals surface area contributed by atoms with Crippen LogP contribution in [-0.2, 0) is 14.3 Å². The Bertz CT molecular complexity index is 143. The fraction of sp³-hybridized carbons (Fsp3) is 0.909. The van der Waals surface area contributed by atoms with Gasteiger partial charge in [-0.05, 0) is 25.7 Å². The maximum Gasteiger partial charge on any atom is 0.305 e. The van der Waals surface area contributed by atoms with Gasteiger partial charge in [-0.15, -0.1) is 0 Å². The molecule has 0 bridgehead atoms. The first-order chi connectivity index (χ1) is 6.66. The molecule has 0 heterocycles. The van der Waals surface area contributed by atoms with E-state index in [2.05, 4.69) is 13.8 Å². The molecule has 0 aromatic carbocycles. The van der Waals surface area contributed by atoms with Crippen molar-refractivity contribution in [2.75, 3.05) is 19.8 Å². The Morgan fingerprint density at radius 3 is 2.57 bits per heavy atom. The lowest BCUT2D eigenvalue weighted by Crippen LogP contribution is -2.08. The molecule has 0 saturated heterocycles. The summed E-state index contributed by atoms with van der Waals surface area (Å²) < 4.78 is 10.2. The molecule has 0 aromatic heterocycles. The molecule has 0 spiro atoms. The Hall–Kier alpha value is -0.570. The summed E-state index contributed by atoms with van der Waals surface area (Å²) in [5.74, 6) is 0.483. The summed E-state index contributed by atoms with van der Waals surface area (Å²) in [7, 11) is 0. The van der Waals surface area contributed by atoms with E-state index in [0.29, 0.717) is 32.2 Å². The molecule has 0 amide bonds. The summed E-state index contributed by atoms with van der Waals surface area (Å²) in [4.78, 5) is 11.1. The lowest BCUT2D eigenvalue weighted by Gasteiger charge is -2.06. The second-order valence-electron chi connectivity index (χ2n) is 3.70. The van der Waals surface area contributed by atoms with E-state index in [1.165, 1.54) is 0 Å².